The van der Waals surface area contributed by atoms with E-state index < -0.39 is 22.0 Å². The van der Waals surface area contributed by atoms with Crippen LogP contribution in [-0.4, -0.2) is 32.7 Å². The fourth-order valence-electron chi connectivity index (χ4n) is 1.55. The number of hydrogen-bond donors (Lipinski definition) is 3. The Labute approximate surface area is 120 Å². The summed E-state index contributed by atoms with van der Waals surface area (Å²) in [6.45, 7) is 0.315. The molecule has 5 N–H and O–H groups in total. The zero-order valence-corrected chi connectivity index (χ0v) is 11.6. The number of esters is 1. The molecule has 1 aliphatic heterocycles. The SMILES string of the molecule is NC(N)=NS(=O)(=O)c1ccc(NN=C2CCOC2=O)cc1. The minimum atomic E-state index is -3.92. The monoisotopic (exact) mass is 311 g/mol. The first-order valence-electron chi connectivity index (χ1n) is 5.84. The van der Waals surface area contributed by atoms with Crippen LogP contribution >= 0.6 is 0 Å². The molecule has 10 heteroatoms. The van der Waals surface area contributed by atoms with Gasteiger partial charge in [-0.25, -0.2) is 4.79 Å². The van der Waals surface area contributed by atoms with E-state index in [0.29, 0.717) is 18.7 Å². The molecule has 1 aromatic rings. The Hall–Kier alpha value is -2.62. The van der Waals surface area contributed by atoms with E-state index in [1.807, 2.05) is 0 Å². The van der Waals surface area contributed by atoms with Gasteiger partial charge in [0.2, 0.25) is 5.96 Å². The van der Waals surface area contributed by atoms with Crippen molar-refractivity contribution in [3.8, 4) is 0 Å². The summed E-state index contributed by atoms with van der Waals surface area (Å²) in [5.74, 6) is -1.00. The van der Waals surface area contributed by atoms with Gasteiger partial charge in [0.1, 0.15) is 5.71 Å². The topological polar surface area (TPSA) is 149 Å². The van der Waals surface area contributed by atoms with Gasteiger partial charge in [-0.05, 0) is 24.3 Å². The maximum Gasteiger partial charge on any atom is 0.354 e. The number of rotatable bonds is 4. The largest absolute Gasteiger partial charge is 0.461 e. The van der Waals surface area contributed by atoms with Gasteiger partial charge in [-0.15, -0.1) is 4.40 Å². The summed E-state index contributed by atoms with van der Waals surface area (Å²) in [6.07, 6.45) is 0.433. The maximum atomic E-state index is 11.7. The minimum absolute atomic E-state index is 0.0608. The van der Waals surface area contributed by atoms with Crippen LogP contribution in [0, 0.1) is 0 Å². The van der Waals surface area contributed by atoms with Crippen molar-refractivity contribution in [2.24, 2.45) is 21.0 Å². The molecule has 9 nitrogen and oxygen atoms in total. The fourth-order valence-corrected chi connectivity index (χ4v) is 2.42. The molecule has 1 aliphatic rings. The number of cyclic esters (lactones) is 1. The summed E-state index contributed by atoms with van der Waals surface area (Å²) in [5, 5.41) is 3.89. The molecular formula is C11H13N5O4S. The molecule has 0 aliphatic carbocycles. The second-order valence-corrected chi connectivity index (χ2v) is 5.68. The number of guanidine groups is 1. The molecule has 0 aromatic heterocycles. The van der Waals surface area contributed by atoms with E-state index >= 15 is 0 Å². The maximum absolute atomic E-state index is 11.7. The zero-order valence-electron chi connectivity index (χ0n) is 10.8. The van der Waals surface area contributed by atoms with E-state index in [1.54, 1.807) is 0 Å². The molecule has 1 fully saturated rings. The normalized spacial score (nSPS) is 16.6. The van der Waals surface area contributed by atoms with Crippen LogP contribution in [0.15, 0.2) is 38.7 Å². The first-order chi connectivity index (χ1) is 9.88. The minimum Gasteiger partial charge on any atom is -0.461 e. The van der Waals surface area contributed by atoms with E-state index in [-0.39, 0.29) is 10.6 Å². The summed E-state index contributed by atoms with van der Waals surface area (Å²) >= 11 is 0. The molecule has 21 heavy (non-hydrogen) atoms. The lowest BCUT2D eigenvalue weighted by Gasteiger charge is -2.03. The highest BCUT2D eigenvalue weighted by Crippen LogP contribution is 2.16. The lowest BCUT2D eigenvalue weighted by Crippen LogP contribution is -2.24. The Balaban J connectivity index is 2.13. The highest BCUT2D eigenvalue weighted by atomic mass is 32.2. The number of nitrogens with one attached hydrogen (secondary N) is 1. The Morgan fingerprint density at radius 3 is 2.43 bits per heavy atom. The van der Waals surface area contributed by atoms with Gasteiger partial charge in [0.05, 0.1) is 17.2 Å². The molecular weight excluding hydrogens is 298 g/mol. The van der Waals surface area contributed by atoms with Crippen molar-refractivity contribution in [3.05, 3.63) is 24.3 Å². The lowest BCUT2D eigenvalue weighted by atomic mass is 10.3. The van der Waals surface area contributed by atoms with Crippen LogP contribution in [0.25, 0.3) is 0 Å². The van der Waals surface area contributed by atoms with Gasteiger partial charge in [0.15, 0.2) is 0 Å². The summed E-state index contributed by atoms with van der Waals surface area (Å²) in [4.78, 5) is 11.1. The van der Waals surface area contributed by atoms with Crippen molar-refractivity contribution >= 4 is 33.4 Å². The Morgan fingerprint density at radius 1 is 1.24 bits per heavy atom. The van der Waals surface area contributed by atoms with Gasteiger partial charge in [-0.1, -0.05) is 0 Å². The van der Waals surface area contributed by atoms with Crippen LogP contribution in [-0.2, 0) is 19.6 Å². The molecule has 0 amide bonds. The highest BCUT2D eigenvalue weighted by molar-refractivity contribution is 7.90. The van der Waals surface area contributed by atoms with Crippen molar-refractivity contribution in [1.82, 2.24) is 0 Å². The number of carbonyl (C=O) groups excluding carboxylic acids is 1. The van der Waals surface area contributed by atoms with E-state index in [0.717, 1.165) is 0 Å². The predicted molar refractivity (Wildman–Crippen MR) is 76.1 cm³/mol. The standard InChI is InChI=1S/C11H13N5O4S/c12-11(13)16-21(18,19)8-3-1-7(2-4-8)14-15-9-5-6-20-10(9)17/h1-4,14H,5-6H2,(H4,12,13,16). The van der Waals surface area contributed by atoms with Crippen molar-refractivity contribution in [1.29, 1.82) is 0 Å². The van der Waals surface area contributed by atoms with Crippen molar-refractivity contribution in [3.63, 3.8) is 0 Å². The number of hydrogen-bond acceptors (Lipinski definition) is 6. The summed E-state index contributed by atoms with van der Waals surface area (Å²) in [6, 6.07) is 5.58. The van der Waals surface area contributed by atoms with Gasteiger partial charge in [-0.2, -0.15) is 13.5 Å². The van der Waals surface area contributed by atoms with E-state index in [2.05, 4.69) is 14.9 Å². The molecule has 2 rings (SSSR count). The number of nitrogens with two attached hydrogens (primary N) is 2. The Bertz CT molecular complexity index is 705. The first-order valence-corrected chi connectivity index (χ1v) is 7.28. The quantitative estimate of drug-likeness (QED) is 0.290. The Kier molecular flexibility index (Phi) is 4.08. The number of nitrogens with zero attached hydrogens (tertiary/aromatic N) is 2. The van der Waals surface area contributed by atoms with Crippen LogP contribution in [0.1, 0.15) is 6.42 Å². The molecule has 112 valence electrons. The van der Waals surface area contributed by atoms with E-state index in [1.165, 1.54) is 24.3 Å². The number of anilines is 1. The van der Waals surface area contributed by atoms with Crippen molar-refractivity contribution in [2.75, 3.05) is 12.0 Å². The van der Waals surface area contributed by atoms with Crippen LogP contribution < -0.4 is 16.9 Å². The third-order valence-electron chi connectivity index (χ3n) is 2.51. The lowest BCUT2D eigenvalue weighted by molar-refractivity contribution is -0.132. The molecule has 0 atom stereocenters. The molecule has 0 unspecified atom stereocenters. The predicted octanol–water partition coefficient (Wildman–Crippen LogP) is -0.637. The average molecular weight is 311 g/mol. The van der Waals surface area contributed by atoms with Crippen molar-refractivity contribution in [2.45, 2.75) is 11.3 Å². The number of hydrazone groups is 1. The smallest absolute Gasteiger partial charge is 0.354 e. The van der Waals surface area contributed by atoms with E-state index in [9.17, 15) is 13.2 Å². The fraction of sp³-hybridized carbons (Fsp3) is 0.182. The third-order valence-corrected chi connectivity index (χ3v) is 3.82. The first kappa shape index (κ1) is 14.8. The van der Waals surface area contributed by atoms with Crippen LogP contribution in [0.5, 0.6) is 0 Å². The molecule has 0 saturated carbocycles. The second kappa shape index (κ2) is 5.79. The van der Waals surface area contributed by atoms with Crippen LogP contribution in [0.4, 0.5) is 5.69 Å². The van der Waals surface area contributed by atoms with Gasteiger partial charge in [-0.3, -0.25) is 5.43 Å². The van der Waals surface area contributed by atoms with Gasteiger partial charge < -0.3 is 16.2 Å². The van der Waals surface area contributed by atoms with Crippen LogP contribution in [0.2, 0.25) is 0 Å². The number of benzene rings is 1. The molecule has 1 saturated heterocycles. The second-order valence-electron chi connectivity index (χ2n) is 4.07. The molecule has 1 aromatic carbocycles. The molecule has 0 spiro atoms. The number of carbonyl (C=O) groups is 1. The highest BCUT2D eigenvalue weighted by Gasteiger charge is 2.20. The zero-order chi connectivity index (χ0) is 15.5. The van der Waals surface area contributed by atoms with Gasteiger partial charge in [0.25, 0.3) is 10.0 Å². The Morgan fingerprint density at radius 2 is 1.90 bits per heavy atom. The third kappa shape index (κ3) is 3.69. The number of sulfonamides is 1. The average Bonchev–Trinajstić information content (AvgIpc) is 2.81. The summed E-state index contributed by atoms with van der Waals surface area (Å²) in [7, 11) is -3.92. The number of ether oxygens (including phenoxy) is 1. The summed E-state index contributed by atoms with van der Waals surface area (Å²) < 4.78 is 31.3. The molecule has 1 heterocycles. The van der Waals surface area contributed by atoms with Crippen molar-refractivity contribution < 1.29 is 17.9 Å². The molecule has 0 bridgehead atoms. The summed E-state index contributed by atoms with van der Waals surface area (Å²) in [5.41, 5.74) is 13.5. The van der Waals surface area contributed by atoms with Crippen LogP contribution in [0.3, 0.4) is 0 Å². The molecule has 0 radical (unpaired) electrons. The van der Waals surface area contributed by atoms with E-state index in [4.69, 9.17) is 16.2 Å². The van der Waals surface area contributed by atoms with Gasteiger partial charge >= 0.3 is 5.97 Å². The van der Waals surface area contributed by atoms with Gasteiger partial charge in [0, 0.05) is 6.42 Å².